The molecule has 148 valence electrons. The fraction of sp³-hybridized carbons (Fsp3) is 0.100. The minimum absolute atomic E-state index is 0.163. The number of imide groups is 2. The molecular weight excluding hydrogens is 398 g/mol. The summed E-state index contributed by atoms with van der Waals surface area (Å²) in [6.45, 7) is 1.41. The molecule has 3 rings (SSSR count). The highest BCUT2D eigenvalue weighted by molar-refractivity contribution is 6.39. The van der Waals surface area contributed by atoms with Gasteiger partial charge in [0, 0.05) is 0 Å². The highest BCUT2D eigenvalue weighted by Crippen LogP contribution is 2.28. The third kappa shape index (κ3) is 4.27. The molecule has 0 saturated carbocycles. The van der Waals surface area contributed by atoms with E-state index in [9.17, 15) is 19.2 Å². The van der Waals surface area contributed by atoms with Crippen LogP contribution < -0.4 is 20.7 Å². The predicted molar refractivity (Wildman–Crippen MR) is 106 cm³/mol. The van der Waals surface area contributed by atoms with Gasteiger partial charge in [-0.05, 0) is 42.3 Å². The van der Waals surface area contributed by atoms with Gasteiger partial charge >= 0.3 is 6.03 Å². The molecule has 8 nitrogen and oxygen atoms in total. The van der Waals surface area contributed by atoms with E-state index in [-0.39, 0.29) is 23.0 Å². The molecule has 9 heteroatoms. The van der Waals surface area contributed by atoms with E-state index in [4.69, 9.17) is 22.1 Å². The minimum Gasteiger partial charge on any atom is -0.482 e. The van der Waals surface area contributed by atoms with Gasteiger partial charge in [0.05, 0.1) is 10.7 Å². The summed E-state index contributed by atoms with van der Waals surface area (Å²) in [6.07, 6.45) is 1.32. The molecule has 0 aromatic heterocycles. The van der Waals surface area contributed by atoms with Crippen molar-refractivity contribution in [2.24, 2.45) is 5.73 Å². The first-order valence-electron chi connectivity index (χ1n) is 8.45. The Hall–Kier alpha value is -3.65. The second kappa shape index (κ2) is 8.15. The summed E-state index contributed by atoms with van der Waals surface area (Å²) in [5.74, 6) is -1.99. The highest BCUT2D eigenvalue weighted by Gasteiger charge is 2.37. The number of aryl methyl sites for hydroxylation is 1. The van der Waals surface area contributed by atoms with Crippen LogP contribution in [-0.4, -0.2) is 30.4 Å². The maximum Gasteiger partial charge on any atom is 0.335 e. The Kier molecular flexibility index (Phi) is 5.65. The molecule has 1 aliphatic heterocycles. The molecule has 3 N–H and O–H groups in total. The summed E-state index contributed by atoms with van der Waals surface area (Å²) >= 11 is 6.12. The molecule has 5 amide bonds. The maximum absolute atomic E-state index is 12.9. The van der Waals surface area contributed by atoms with Gasteiger partial charge in [0.25, 0.3) is 17.7 Å². The fourth-order valence-corrected chi connectivity index (χ4v) is 2.97. The van der Waals surface area contributed by atoms with Gasteiger partial charge in [0.2, 0.25) is 0 Å². The summed E-state index contributed by atoms with van der Waals surface area (Å²) in [5, 5.41) is 2.33. The number of ether oxygens (including phenoxy) is 1. The van der Waals surface area contributed by atoms with Crippen LogP contribution >= 0.6 is 11.6 Å². The number of hydrogen-bond acceptors (Lipinski definition) is 5. The number of nitrogens with two attached hydrogens (primary N) is 1. The van der Waals surface area contributed by atoms with Crippen molar-refractivity contribution < 1.29 is 23.9 Å². The second-order valence-electron chi connectivity index (χ2n) is 6.19. The zero-order valence-electron chi connectivity index (χ0n) is 15.3. The van der Waals surface area contributed by atoms with E-state index < -0.39 is 23.8 Å². The van der Waals surface area contributed by atoms with Crippen LogP contribution in [0.5, 0.6) is 5.75 Å². The van der Waals surface area contributed by atoms with Crippen LogP contribution in [0.1, 0.15) is 11.1 Å². The van der Waals surface area contributed by atoms with E-state index in [1.165, 1.54) is 18.2 Å². The van der Waals surface area contributed by atoms with Crippen molar-refractivity contribution in [2.75, 3.05) is 11.5 Å². The van der Waals surface area contributed by atoms with Gasteiger partial charge < -0.3 is 10.5 Å². The number of barbiturate groups is 1. The van der Waals surface area contributed by atoms with E-state index in [1.54, 1.807) is 37.3 Å². The molecule has 2 aromatic carbocycles. The summed E-state index contributed by atoms with van der Waals surface area (Å²) in [7, 11) is 0. The number of nitrogens with zero attached hydrogens (tertiary/aromatic N) is 1. The largest absolute Gasteiger partial charge is 0.482 e. The lowest BCUT2D eigenvalue weighted by Crippen LogP contribution is -2.54. The standard InChI is InChI=1S/C20H16ClN3O5/c1-11-4-2-3-5-15(11)24-19(27)13(18(26)23-20(24)28)8-12-6-7-16(14(21)9-12)29-10-17(22)25/h2-9H,10H2,1H3,(H2,22,25)(H,23,26,28). The van der Waals surface area contributed by atoms with Crippen LogP contribution in [0.15, 0.2) is 48.0 Å². The normalized spacial score (nSPS) is 15.4. The molecule has 0 spiro atoms. The Morgan fingerprint density at radius 1 is 1.21 bits per heavy atom. The third-order valence-corrected chi connectivity index (χ3v) is 4.39. The average Bonchev–Trinajstić information content (AvgIpc) is 2.65. The van der Waals surface area contributed by atoms with E-state index in [2.05, 4.69) is 5.32 Å². The molecule has 29 heavy (non-hydrogen) atoms. The molecule has 1 saturated heterocycles. The molecule has 1 heterocycles. The SMILES string of the molecule is Cc1ccccc1N1C(=O)NC(=O)C(=Cc2ccc(OCC(N)=O)c(Cl)c2)C1=O. The number of rotatable bonds is 5. The zero-order chi connectivity index (χ0) is 21.1. The van der Waals surface area contributed by atoms with E-state index in [0.717, 1.165) is 4.90 Å². The number of carbonyl (C=O) groups excluding carboxylic acids is 4. The Morgan fingerprint density at radius 3 is 2.59 bits per heavy atom. The Labute approximate surface area is 170 Å². The summed E-state index contributed by atoms with van der Waals surface area (Å²) in [4.78, 5) is 49.1. The molecule has 0 atom stereocenters. The smallest absolute Gasteiger partial charge is 0.335 e. The minimum atomic E-state index is -0.820. The van der Waals surface area contributed by atoms with E-state index in [0.29, 0.717) is 16.8 Å². The van der Waals surface area contributed by atoms with Crippen molar-refractivity contribution in [1.82, 2.24) is 5.32 Å². The van der Waals surface area contributed by atoms with Crippen molar-refractivity contribution in [3.63, 3.8) is 0 Å². The van der Waals surface area contributed by atoms with Crippen LogP contribution in [-0.2, 0) is 14.4 Å². The van der Waals surface area contributed by atoms with Gasteiger partial charge in [-0.1, -0.05) is 35.9 Å². The molecule has 0 bridgehead atoms. The average molecular weight is 414 g/mol. The monoisotopic (exact) mass is 413 g/mol. The zero-order valence-corrected chi connectivity index (χ0v) is 16.0. The summed E-state index contributed by atoms with van der Waals surface area (Å²) < 4.78 is 5.16. The Balaban J connectivity index is 1.94. The van der Waals surface area contributed by atoms with E-state index in [1.807, 2.05) is 0 Å². The molecule has 1 fully saturated rings. The van der Waals surface area contributed by atoms with Gasteiger partial charge in [-0.25, -0.2) is 9.69 Å². The number of anilines is 1. The first-order valence-corrected chi connectivity index (χ1v) is 8.83. The number of halogens is 1. The van der Waals surface area contributed by atoms with Gasteiger partial charge in [0.1, 0.15) is 11.3 Å². The van der Waals surface area contributed by atoms with Gasteiger partial charge in [-0.3, -0.25) is 19.7 Å². The first-order chi connectivity index (χ1) is 13.8. The number of amides is 5. The topological polar surface area (TPSA) is 119 Å². The van der Waals surface area contributed by atoms with Crippen molar-refractivity contribution in [3.8, 4) is 5.75 Å². The number of benzene rings is 2. The van der Waals surface area contributed by atoms with Crippen molar-refractivity contribution in [2.45, 2.75) is 6.92 Å². The van der Waals surface area contributed by atoms with Crippen molar-refractivity contribution in [3.05, 3.63) is 64.2 Å². The van der Waals surface area contributed by atoms with Gasteiger partial charge in [0.15, 0.2) is 6.61 Å². The number of urea groups is 1. The Bertz CT molecular complexity index is 1060. The van der Waals surface area contributed by atoms with E-state index >= 15 is 0 Å². The van der Waals surface area contributed by atoms with Crippen LogP contribution in [0.25, 0.3) is 6.08 Å². The third-order valence-electron chi connectivity index (χ3n) is 4.09. The molecular formula is C20H16ClN3O5. The van der Waals surface area contributed by atoms with Crippen molar-refractivity contribution >= 4 is 47.1 Å². The molecule has 1 aliphatic rings. The predicted octanol–water partition coefficient (Wildman–Crippen LogP) is 2.18. The molecule has 0 radical (unpaired) electrons. The maximum atomic E-state index is 12.9. The molecule has 2 aromatic rings. The quantitative estimate of drug-likeness (QED) is 0.575. The fourth-order valence-electron chi connectivity index (χ4n) is 2.73. The first kappa shape index (κ1) is 20.1. The van der Waals surface area contributed by atoms with Gasteiger partial charge in [-0.2, -0.15) is 0 Å². The summed E-state index contributed by atoms with van der Waals surface area (Å²) in [5.41, 5.74) is 6.30. The lowest BCUT2D eigenvalue weighted by Gasteiger charge is -2.27. The molecule has 0 unspecified atom stereocenters. The van der Waals surface area contributed by atoms with Crippen LogP contribution in [0.2, 0.25) is 5.02 Å². The lowest BCUT2D eigenvalue weighted by molar-refractivity contribution is -0.123. The number of hydrogen-bond donors (Lipinski definition) is 2. The molecule has 0 aliphatic carbocycles. The van der Waals surface area contributed by atoms with Crippen LogP contribution in [0, 0.1) is 6.92 Å². The van der Waals surface area contributed by atoms with Crippen LogP contribution in [0.3, 0.4) is 0 Å². The second-order valence-corrected chi connectivity index (χ2v) is 6.60. The number of para-hydroxylation sites is 1. The number of carbonyl (C=O) groups is 4. The van der Waals surface area contributed by atoms with Crippen molar-refractivity contribution in [1.29, 1.82) is 0 Å². The number of nitrogens with one attached hydrogen (secondary N) is 1. The lowest BCUT2D eigenvalue weighted by atomic mass is 10.1. The van der Waals surface area contributed by atoms with Gasteiger partial charge in [-0.15, -0.1) is 0 Å². The van der Waals surface area contributed by atoms with Crippen LogP contribution in [0.4, 0.5) is 10.5 Å². The highest BCUT2D eigenvalue weighted by atomic mass is 35.5. The number of primary amides is 1. The Morgan fingerprint density at radius 2 is 1.93 bits per heavy atom. The summed E-state index contributed by atoms with van der Waals surface area (Å²) in [6, 6.07) is 10.5.